The molecule has 0 amide bonds. The molecule has 0 N–H and O–H groups in total. The van der Waals surface area contributed by atoms with Crippen molar-refractivity contribution in [2.45, 2.75) is 6.92 Å². The average molecular weight is 194 g/mol. The predicted octanol–water partition coefficient (Wildman–Crippen LogP) is 0.0394. The van der Waals surface area contributed by atoms with Crippen LogP contribution in [-0.4, -0.2) is 27.2 Å². The van der Waals surface area contributed by atoms with Crippen LogP contribution in [0.3, 0.4) is 0 Å². The average Bonchev–Trinajstić information content (AvgIpc) is 2.04. The van der Waals surface area contributed by atoms with Crippen LogP contribution in [0, 0.1) is 0 Å². The van der Waals surface area contributed by atoms with Gasteiger partial charge < -0.3 is 8.92 Å². The molecule has 0 saturated carbocycles. The lowest BCUT2D eigenvalue weighted by molar-refractivity contribution is -0.134. The Hall–Kier alpha value is -1.04. The fourth-order valence-electron chi connectivity index (χ4n) is 0.304. The lowest BCUT2D eigenvalue weighted by Crippen LogP contribution is -2.04. The molecule has 0 aliphatic heterocycles. The highest BCUT2D eigenvalue weighted by Gasteiger charge is 2.04. The molecule has 0 aliphatic rings. The fourth-order valence-corrected chi connectivity index (χ4v) is 0.665. The zero-order valence-corrected chi connectivity index (χ0v) is 7.63. The molecule has 5 nitrogen and oxygen atoms in total. The number of hydrogen-bond acceptors (Lipinski definition) is 5. The first-order valence-electron chi connectivity index (χ1n) is 3.17. The van der Waals surface area contributed by atoms with Gasteiger partial charge in [0.2, 0.25) is 0 Å². The van der Waals surface area contributed by atoms with Gasteiger partial charge in [0.25, 0.3) is 0 Å². The van der Waals surface area contributed by atoms with Crippen LogP contribution in [0.2, 0.25) is 0 Å². The molecular weight excluding hydrogens is 184 g/mol. The first kappa shape index (κ1) is 11.0. The van der Waals surface area contributed by atoms with Gasteiger partial charge in [-0.05, 0) is 6.92 Å². The van der Waals surface area contributed by atoms with E-state index in [1.807, 2.05) is 0 Å². The molecule has 0 atom stereocenters. The van der Waals surface area contributed by atoms with E-state index in [1.165, 1.54) is 14.0 Å². The molecule has 0 fully saturated rings. The third-order valence-corrected chi connectivity index (χ3v) is 2.07. The Morgan fingerprint density at radius 2 is 2.08 bits per heavy atom. The molecule has 0 rings (SSSR count). The molecule has 70 valence electrons. The molecule has 0 bridgehead atoms. The van der Waals surface area contributed by atoms with Gasteiger partial charge in [-0.25, -0.2) is 4.79 Å². The molecule has 0 aromatic heterocycles. The number of carbonyl (C=O) groups excluding carboxylic acids is 1. The van der Waals surface area contributed by atoms with Crippen LogP contribution >= 0.6 is 0 Å². The van der Waals surface area contributed by atoms with E-state index >= 15 is 0 Å². The van der Waals surface area contributed by atoms with Crippen LogP contribution in [0.25, 0.3) is 0 Å². The summed E-state index contributed by atoms with van der Waals surface area (Å²) in [7, 11) is -2.34. The molecule has 0 spiro atoms. The Morgan fingerprint density at radius 1 is 1.50 bits per heavy atom. The molecule has 0 heterocycles. The standard InChI is InChI=1S/C6H10O5S/c1-3-12(8,9)11-5-4-6(7)10-2/h4-5H,3H2,1-2H3/b5-4-. The lowest BCUT2D eigenvalue weighted by atomic mass is 10.6. The summed E-state index contributed by atoms with van der Waals surface area (Å²) in [5.74, 6) is -0.806. The summed E-state index contributed by atoms with van der Waals surface area (Å²) in [6.07, 6.45) is 1.66. The van der Waals surface area contributed by atoms with Crippen LogP contribution in [0.1, 0.15) is 6.92 Å². The van der Waals surface area contributed by atoms with Gasteiger partial charge in [-0.1, -0.05) is 0 Å². The summed E-state index contributed by atoms with van der Waals surface area (Å²) in [5.41, 5.74) is 0. The molecule has 0 aromatic rings. The second-order valence-corrected chi connectivity index (χ2v) is 3.65. The molecule has 0 radical (unpaired) electrons. The highest BCUT2D eigenvalue weighted by Crippen LogP contribution is 1.93. The van der Waals surface area contributed by atoms with E-state index in [2.05, 4.69) is 8.92 Å². The number of carbonyl (C=O) groups is 1. The van der Waals surface area contributed by atoms with Crippen molar-refractivity contribution in [3.05, 3.63) is 12.3 Å². The van der Waals surface area contributed by atoms with E-state index in [0.29, 0.717) is 0 Å². The summed E-state index contributed by atoms with van der Waals surface area (Å²) in [6, 6.07) is 0. The minimum absolute atomic E-state index is 0.140. The lowest BCUT2D eigenvalue weighted by Gasteiger charge is -1.96. The fraction of sp³-hybridized carbons (Fsp3) is 0.500. The molecular formula is C6H10O5S. The van der Waals surface area contributed by atoms with Gasteiger partial charge in [0.05, 0.1) is 18.9 Å². The zero-order chi connectivity index (χ0) is 9.61. The first-order valence-corrected chi connectivity index (χ1v) is 4.75. The summed E-state index contributed by atoms with van der Waals surface area (Å²) < 4.78 is 29.7. The highest BCUT2D eigenvalue weighted by molar-refractivity contribution is 7.86. The summed E-state index contributed by atoms with van der Waals surface area (Å²) in [6.45, 7) is 1.43. The summed E-state index contributed by atoms with van der Waals surface area (Å²) in [4.78, 5) is 10.4. The quantitative estimate of drug-likeness (QED) is 0.273. The van der Waals surface area contributed by atoms with E-state index in [-0.39, 0.29) is 5.75 Å². The number of esters is 1. The first-order chi connectivity index (χ1) is 5.52. The SMILES string of the molecule is CCS(=O)(=O)O/C=C\C(=O)OC. The van der Waals surface area contributed by atoms with Crippen molar-refractivity contribution in [3.8, 4) is 0 Å². The van der Waals surface area contributed by atoms with Crippen molar-refractivity contribution in [2.24, 2.45) is 0 Å². The van der Waals surface area contributed by atoms with Crippen molar-refractivity contribution in [1.29, 1.82) is 0 Å². The van der Waals surface area contributed by atoms with Crippen molar-refractivity contribution >= 4 is 16.1 Å². The Bertz CT molecular complexity index is 264. The Morgan fingerprint density at radius 3 is 2.50 bits per heavy atom. The Balaban J connectivity index is 3.99. The van der Waals surface area contributed by atoms with Crippen LogP contribution in [-0.2, 0) is 23.8 Å². The monoisotopic (exact) mass is 194 g/mol. The molecule has 6 heteroatoms. The number of rotatable bonds is 4. The van der Waals surface area contributed by atoms with E-state index < -0.39 is 16.1 Å². The third-order valence-electron chi connectivity index (χ3n) is 0.961. The van der Waals surface area contributed by atoms with Gasteiger partial charge in [-0.2, -0.15) is 8.42 Å². The van der Waals surface area contributed by atoms with E-state index in [9.17, 15) is 13.2 Å². The van der Waals surface area contributed by atoms with Crippen LogP contribution in [0.15, 0.2) is 12.3 Å². The van der Waals surface area contributed by atoms with Gasteiger partial charge >= 0.3 is 16.1 Å². The maximum Gasteiger partial charge on any atom is 0.333 e. The van der Waals surface area contributed by atoms with E-state index in [0.717, 1.165) is 12.3 Å². The van der Waals surface area contributed by atoms with Gasteiger partial charge in [-0.3, -0.25) is 0 Å². The van der Waals surface area contributed by atoms with Crippen LogP contribution in [0.5, 0.6) is 0 Å². The van der Waals surface area contributed by atoms with Gasteiger partial charge in [0, 0.05) is 0 Å². The third kappa shape index (κ3) is 4.73. The van der Waals surface area contributed by atoms with Crippen LogP contribution < -0.4 is 0 Å². The van der Waals surface area contributed by atoms with Gasteiger partial charge in [0.15, 0.2) is 0 Å². The van der Waals surface area contributed by atoms with Crippen molar-refractivity contribution < 1.29 is 22.1 Å². The minimum atomic E-state index is -3.52. The maximum absolute atomic E-state index is 10.6. The van der Waals surface area contributed by atoms with Gasteiger partial charge in [-0.15, -0.1) is 0 Å². The van der Waals surface area contributed by atoms with Crippen molar-refractivity contribution in [1.82, 2.24) is 0 Å². The summed E-state index contributed by atoms with van der Waals surface area (Å²) >= 11 is 0. The van der Waals surface area contributed by atoms with Crippen LogP contribution in [0.4, 0.5) is 0 Å². The van der Waals surface area contributed by atoms with Crippen molar-refractivity contribution in [2.75, 3.05) is 12.9 Å². The molecule has 0 aromatic carbocycles. The number of methoxy groups -OCH3 is 1. The van der Waals surface area contributed by atoms with Gasteiger partial charge in [0.1, 0.15) is 6.26 Å². The largest absolute Gasteiger partial charge is 0.466 e. The van der Waals surface area contributed by atoms with E-state index in [4.69, 9.17) is 0 Å². The molecule has 0 unspecified atom stereocenters. The van der Waals surface area contributed by atoms with Crippen molar-refractivity contribution in [3.63, 3.8) is 0 Å². The smallest absolute Gasteiger partial charge is 0.333 e. The molecule has 0 saturated heterocycles. The second kappa shape index (κ2) is 4.76. The number of ether oxygens (including phenoxy) is 1. The highest BCUT2D eigenvalue weighted by atomic mass is 32.2. The summed E-state index contributed by atoms with van der Waals surface area (Å²) in [5, 5.41) is 0. The maximum atomic E-state index is 10.6. The Kier molecular flexibility index (Phi) is 4.35. The molecule has 12 heavy (non-hydrogen) atoms. The normalized spacial score (nSPS) is 11.5. The molecule has 0 aliphatic carbocycles. The van der Waals surface area contributed by atoms with E-state index in [1.54, 1.807) is 0 Å². The predicted molar refractivity (Wildman–Crippen MR) is 41.7 cm³/mol. The topological polar surface area (TPSA) is 69.7 Å². The second-order valence-electron chi connectivity index (χ2n) is 1.77. The zero-order valence-electron chi connectivity index (χ0n) is 6.81. The minimum Gasteiger partial charge on any atom is -0.466 e. The Labute approximate surface area is 71.1 Å². The number of hydrogen-bond donors (Lipinski definition) is 0.